The first-order chi connectivity index (χ1) is 6.40. The molecule has 64 valence electrons. The van der Waals surface area contributed by atoms with Gasteiger partial charge in [-0.05, 0) is 18.2 Å². The Balaban J connectivity index is 2.55. The van der Waals surface area contributed by atoms with Crippen molar-refractivity contribution >= 4 is 23.1 Å². The van der Waals surface area contributed by atoms with Gasteiger partial charge in [-0.15, -0.1) is 0 Å². The van der Waals surface area contributed by atoms with Crippen LogP contribution in [0, 0.1) is 0 Å². The van der Waals surface area contributed by atoms with Crippen LogP contribution in [-0.2, 0) is 4.79 Å². The molecule has 2 aromatic rings. The van der Waals surface area contributed by atoms with Gasteiger partial charge in [-0.3, -0.25) is 4.79 Å². The van der Waals surface area contributed by atoms with Crippen molar-refractivity contribution in [3.05, 3.63) is 30.6 Å². The zero-order valence-electron chi connectivity index (χ0n) is 6.77. The maximum Gasteiger partial charge on any atom is 0.211 e. The molecule has 0 aliphatic heterocycles. The van der Waals surface area contributed by atoms with E-state index in [2.05, 4.69) is 15.3 Å². The molecule has 0 bridgehead atoms. The van der Waals surface area contributed by atoms with Gasteiger partial charge in [-0.2, -0.15) is 0 Å². The fourth-order valence-corrected chi connectivity index (χ4v) is 1.11. The van der Waals surface area contributed by atoms with Crippen LogP contribution in [0.15, 0.2) is 30.6 Å². The van der Waals surface area contributed by atoms with Gasteiger partial charge in [0, 0.05) is 11.6 Å². The number of fused-ring (bicyclic) bond motifs is 1. The molecular weight excluding hydrogens is 166 g/mol. The largest absolute Gasteiger partial charge is 0.327 e. The summed E-state index contributed by atoms with van der Waals surface area (Å²) in [6.45, 7) is 0. The van der Waals surface area contributed by atoms with E-state index in [4.69, 9.17) is 0 Å². The number of amides is 1. The minimum absolute atomic E-state index is 0.624. The molecule has 0 unspecified atom stereocenters. The van der Waals surface area contributed by atoms with E-state index in [1.807, 2.05) is 18.2 Å². The van der Waals surface area contributed by atoms with Crippen LogP contribution in [0.3, 0.4) is 0 Å². The fraction of sp³-hybridized carbons (Fsp3) is 0. The summed E-state index contributed by atoms with van der Waals surface area (Å²) in [5, 5.41) is 3.44. The number of pyridine rings is 2. The molecular formula is C9H7N3O. The molecule has 2 heterocycles. The maximum atomic E-state index is 10.2. The van der Waals surface area contributed by atoms with Crippen LogP contribution in [0.25, 0.3) is 11.0 Å². The smallest absolute Gasteiger partial charge is 0.211 e. The van der Waals surface area contributed by atoms with Gasteiger partial charge in [0.25, 0.3) is 0 Å². The summed E-state index contributed by atoms with van der Waals surface area (Å²) in [6, 6.07) is 5.55. The molecule has 4 nitrogen and oxygen atoms in total. The van der Waals surface area contributed by atoms with Gasteiger partial charge in [0.1, 0.15) is 0 Å². The third-order valence-corrected chi connectivity index (χ3v) is 1.68. The Kier molecular flexibility index (Phi) is 1.88. The summed E-state index contributed by atoms with van der Waals surface area (Å²) in [4.78, 5) is 18.3. The number of nitrogens with one attached hydrogen (secondary N) is 1. The molecule has 0 aromatic carbocycles. The van der Waals surface area contributed by atoms with Gasteiger partial charge in [-0.1, -0.05) is 0 Å². The first kappa shape index (κ1) is 7.67. The molecule has 0 saturated carbocycles. The third-order valence-electron chi connectivity index (χ3n) is 1.68. The molecule has 0 spiro atoms. The zero-order valence-corrected chi connectivity index (χ0v) is 6.77. The van der Waals surface area contributed by atoms with Crippen molar-refractivity contribution in [3.8, 4) is 0 Å². The molecule has 0 saturated heterocycles. The van der Waals surface area contributed by atoms with Gasteiger partial charge in [-0.25, -0.2) is 9.97 Å². The Morgan fingerprint density at radius 3 is 3.15 bits per heavy atom. The molecule has 0 aliphatic rings. The highest BCUT2D eigenvalue weighted by molar-refractivity contribution is 5.81. The van der Waals surface area contributed by atoms with Crippen LogP contribution in [0.2, 0.25) is 0 Å². The van der Waals surface area contributed by atoms with Crippen LogP contribution in [0.1, 0.15) is 0 Å². The van der Waals surface area contributed by atoms with Crippen LogP contribution in [0.5, 0.6) is 0 Å². The van der Waals surface area contributed by atoms with Gasteiger partial charge < -0.3 is 5.32 Å². The van der Waals surface area contributed by atoms with Gasteiger partial charge in [0.15, 0.2) is 5.65 Å². The number of nitrogens with zero attached hydrogens (tertiary/aromatic N) is 2. The number of aromatic nitrogens is 2. The normalized spacial score (nSPS) is 9.85. The number of carbonyl (C=O) groups excluding carboxylic acids is 1. The Labute approximate surface area is 74.6 Å². The number of hydrogen-bond acceptors (Lipinski definition) is 3. The fourth-order valence-electron chi connectivity index (χ4n) is 1.11. The lowest BCUT2D eigenvalue weighted by Gasteiger charge is -1.99. The summed E-state index contributed by atoms with van der Waals surface area (Å²) in [5.74, 6) is 0. The molecule has 0 aliphatic carbocycles. The second kappa shape index (κ2) is 3.18. The van der Waals surface area contributed by atoms with Crippen LogP contribution < -0.4 is 5.32 Å². The third kappa shape index (κ3) is 1.46. The van der Waals surface area contributed by atoms with Crippen molar-refractivity contribution in [2.45, 2.75) is 0 Å². The Hall–Kier alpha value is -1.97. The highest BCUT2D eigenvalue weighted by Gasteiger charge is 1.95. The highest BCUT2D eigenvalue weighted by atomic mass is 16.1. The molecule has 2 aromatic heterocycles. The average molecular weight is 173 g/mol. The lowest BCUT2D eigenvalue weighted by atomic mass is 10.3. The molecule has 13 heavy (non-hydrogen) atoms. The van der Waals surface area contributed by atoms with E-state index in [1.165, 1.54) is 0 Å². The number of anilines is 1. The monoisotopic (exact) mass is 173 g/mol. The lowest BCUT2D eigenvalue weighted by Crippen LogP contribution is -1.94. The molecule has 4 heteroatoms. The first-order valence-corrected chi connectivity index (χ1v) is 3.81. The summed E-state index contributed by atoms with van der Waals surface area (Å²) in [6.07, 6.45) is 3.88. The van der Waals surface area contributed by atoms with Gasteiger partial charge in [0.05, 0.1) is 11.9 Å². The van der Waals surface area contributed by atoms with E-state index in [1.54, 1.807) is 12.4 Å². The summed E-state index contributed by atoms with van der Waals surface area (Å²) < 4.78 is 0. The molecule has 1 amide bonds. The number of hydrogen-bond donors (Lipinski definition) is 1. The van der Waals surface area contributed by atoms with Crippen molar-refractivity contribution in [1.29, 1.82) is 0 Å². The van der Waals surface area contributed by atoms with E-state index in [9.17, 15) is 4.79 Å². The van der Waals surface area contributed by atoms with E-state index in [0.717, 1.165) is 5.39 Å². The second-order valence-corrected chi connectivity index (χ2v) is 2.54. The van der Waals surface area contributed by atoms with E-state index in [0.29, 0.717) is 17.7 Å². The minimum Gasteiger partial charge on any atom is -0.327 e. The maximum absolute atomic E-state index is 10.2. The predicted octanol–water partition coefficient (Wildman–Crippen LogP) is 1.20. The molecule has 0 fully saturated rings. The van der Waals surface area contributed by atoms with Crippen molar-refractivity contribution in [1.82, 2.24) is 9.97 Å². The van der Waals surface area contributed by atoms with Crippen LogP contribution in [-0.4, -0.2) is 16.4 Å². The molecule has 2 rings (SSSR count). The Bertz CT molecular complexity index is 442. The SMILES string of the molecule is O=CNc1cnc2ncccc2c1. The van der Waals surface area contributed by atoms with Crippen molar-refractivity contribution in [2.24, 2.45) is 0 Å². The highest BCUT2D eigenvalue weighted by Crippen LogP contribution is 2.12. The predicted molar refractivity (Wildman–Crippen MR) is 49.2 cm³/mol. The Morgan fingerprint density at radius 1 is 1.38 bits per heavy atom. The Morgan fingerprint density at radius 2 is 2.31 bits per heavy atom. The van der Waals surface area contributed by atoms with E-state index in [-0.39, 0.29) is 0 Å². The quantitative estimate of drug-likeness (QED) is 0.694. The van der Waals surface area contributed by atoms with Crippen LogP contribution in [0.4, 0.5) is 5.69 Å². The molecule has 0 radical (unpaired) electrons. The summed E-state index contributed by atoms with van der Waals surface area (Å²) >= 11 is 0. The minimum atomic E-state index is 0.624. The zero-order chi connectivity index (χ0) is 9.10. The molecule has 0 atom stereocenters. The summed E-state index contributed by atoms with van der Waals surface area (Å²) in [7, 11) is 0. The average Bonchev–Trinajstić information content (AvgIpc) is 2.18. The lowest BCUT2D eigenvalue weighted by molar-refractivity contribution is -0.105. The van der Waals surface area contributed by atoms with Crippen molar-refractivity contribution in [2.75, 3.05) is 5.32 Å². The van der Waals surface area contributed by atoms with Gasteiger partial charge >= 0.3 is 0 Å². The standard InChI is InChI=1S/C9H7N3O/c13-6-12-8-4-7-2-1-3-10-9(7)11-5-8/h1-6H,(H,12,13). The van der Waals surface area contributed by atoms with Crippen molar-refractivity contribution < 1.29 is 4.79 Å². The van der Waals surface area contributed by atoms with Gasteiger partial charge in [0.2, 0.25) is 6.41 Å². The second-order valence-electron chi connectivity index (χ2n) is 2.54. The van der Waals surface area contributed by atoms with Crippen molar-refractivity contribution in [3.63, 3.8) is 0 Å². The topological polar surface area (TPSA) is 54.9 Å². The molecule has 1 N–H and O–H groups in total. The number of rotatable bonds is 2. The van der Waals surface area contributed by atoms with E-state index >= 15 is 0 Å². The first-order valence-electron chi connectivity index (χ1n) is 3.81. The van der Waals surface area contributed by atoms with Crippen LogP contribution >= 0.6 is 0 Å². The number of carbonyl (C=O) groups is 1. The van der Waals surface area contributed by atoms with E-state index < -0.39 is 0 Å². The summed E-state index contributed by atoms with van der Waals surface area (Å²) in [5.41, 5.74) is 1.36.